The summed E-state index contributed by atoms with van der Waals surface area (Å²) in [5, 5.41) is 44.7. The molecule has 2 aromatic rings. The van der Waals surface area contributed by atoms with Crippen LogP contribution in [-0.2, 0) is 18.6 Å². The van der Waals surface area contributed by atoms with Crippen molar-refractivity contribution < 1.29 is 20.4 Å². The summed E-state index contributed by atoms with van der Waals surface area (Å²) in [5.41, 5.74) is 5.28. The zero-order valence-electron chi connectivity index (χ0n) is 33.6. The highest BCUT2D eigenvalue weighted by molar-refractivity contribution is 8.76. The fourth-order valence-corrected chi connectivity index (χ4v) is 17.5. The molecule has 2 saturated heterocycles. The second-order valence-electron chi connectivity index (χ2n) is 20.2. The molecule has 15 atom stereocenters. The van der Waals surface area contributed by atoms with Gasteiger partial charge in [0.15, 0.2) is 0 Å². The fraction of sp³-hybridized carbons (Fsp3) is 0.750. The molecule has 7 heteroatoms. The summed E-state index contributed by atoms with van der Waals surface area (Å²) >= 11 is 0. The number of nitrogens with zero attached hydrogens (tertiary/aromatic N) is 1. The molecule has 6 fully saturated rings. The Kier molecular flexibility index (Phi) is 11.6. The maximum absolute atomic E-state index is 13.0. The summed E-state index contributed by atoms with van der Waals surface area (Å²) in [7, 11) is 4.09. The number of piperidine rings is 2. The van der Waals surface area contributed by atoms with Crippen molar-refractivity contribution in [1.82, 2.24) is 4.90 Å². The second-order valence-corrected chi connectivity index (χ2v) is 22.7. The molecule has 0 aromatic heterocycles. The molecule has 7 aliphatic rings. The van der Waals surface area contributed by atoms with E-state index in [-0.39, 0.29) is 36.2 Å². The average molecular weight is 788 g/mol. The van der Waals surface area contributed by atoms with E-state index in [2.05, 4.69) is 78.1 Å². The van der Waals surface area contributed by atoms with Crippen LogP contribution in [-0.4, -0.2) is 74.6 Å². The van der Waals surface area contributed by atoms with Crippen molar-refractivity contribution in [3.8, 4) is 0 Å². The third-order valence-corrected chi connectivity index (χ3v) is 19.8. The lowest BCUT2D eigenvalue weighted by Gasteiger charge is -2.62. The Bertz CT molecular complexity index is 1620. The van der Waals surface area contributed by atoms with Gasteiger partial charge in [0, 0.05) is 37.2 Å². The van der Waals surface area contributed by atoms with Gasteiger partial charge in [0.25, 0.3) is 0 Å². The smallest absolute Gasteiger partial charge is 0.0808 e. The molecule has 55 heavy (non-hydrogen) atoms. The average Bonchev–Trinajstić information content (AvgIpc) is 3.56. The van der Waals surface area contributed by atoms with Crippen molar-refractivity contribution in [3.05, 3.63) is 70.8 Å². The standard InChI is InChI=1S/C48H69NO4S2/c1-47-19-18-36(51)23-44(47)45(52)25-40-38-16-17-42-41(39(38)24-43(40)47)27-49-26-32-11-14-33(13-10-30-7-4-3-5-8-30)37-15-12-31(9-6-20-50)21-34(37)28-54-55-29-35(22-32)46(49)48(42,2)53/h3-5,7-8,12,15,21,32-33,35-36,38-46,50-53H,6,9-11,13-14,16-20,22-29H2,1-2H3/t32-,33+,35-,36+,38-,39-,40-,41+,42-,43+,44-,45+,46+,47-,48+/m1/s1. The minimum Gasteiger partial charge on any atom is -0.396 e. The summed E-state index contributed by atoms with van der Waals surface area (Å²) in [4.78, 5) is 2.85. The first-order valence-corrected chi connectivity index (χ1v) is 25.0. The van der Waals surface area contributed by atoms with Crippen LogP contribution in [0.4, 0.5) is 0 Å². The Morgan fingerprint density at radius 3 is 2.45 bits per heavy atom. The summed E-state index contributed by atoms with van der Waals surface area (Å²) in [6.45, 7) is 7.25. The van der Waals surface area contributed by atoms with Crippen LogP contribution < -0.4 is 0 Å². The molecule has 4 saturated carbocycles. The Morgan fingerprint density at radius 2 is 1.62 bits per heavy atom. The number of aryl methyl sites for hydroxylation is 2. The first kappa shape index (κ1) is 39.4. The molecule has 3 aliphatic heterocycles. The Hall–Kier alpha value is -1.06. The SMILES string of the molecule is C[C@]1(O)[C@@H]2CC[C@@H]3[C@@H](C[C@H]4[C@@H]3C[C@H](O)[C@H]3C[C@@H](O)CC[C@@]34C)[C@@H]2CN2C[C@@H]3CC[C@H](CCc4ccccc4)c4ccc(CCCO)cc4CSSC[C@@H](C3)[C@H]21. The van der Waals surface area contributed by atoms with E-state index in [1.807, 2.05) is 10.8 Å². The number of hydrogen-bond donors (Lipinski definition) is 4. The first-order valence-electron chi connectivity index (χ1n) is 22.5. The van der Waals surface area contributed by atoms with E-state index in [1.54, 1.807) is 5.56 Å². The monoisotopic (exact) mass is 787 g/mol. The van der Waals surface area contributed by atoms with E-state index in [9.17, 15) is 20.4 Å². The lowest BCUT2D eigenvalue weighted by molar-refractivity contribution is -0.190. The highest BCUT2D eigenvalue weighted by atomic mass is 33.1. The van der Waals surface area contributed by atoms with Crippen LogP contribution in [0, 0.1) is 58.7 Å². The van der Waals surface area contributed by atoms with Gasteiger partial charge in [0.1, 0.15) is 0 Å². The van der Waals surface area contributed by atoms with Gasteiger partial charge in [0.05, 0.1) is 17.8 Å². The second kappa shape index (κ2) is 16.2. The Labute approximate surface area is 339 Å². The molecule has 0 amide bonds. The number of hydrogen-bond acceptors (Lipinski definition) is 7. The zero-order chi connectivity index (χ0) is 37.9. The number of aliphatic hydroxyl groups excluding tert-OH is 3. The molecule has 4 aliphatic carbocycles. The van der Waals surface area contributed by atoms with E-state index in [1.165, 1.54) is 55.2 Å². The number of aliphatic hydroxyl groups is 4. The summed E-state index contributed by atoms with van der Waals surface area (Å²) in [5.74, 6) is 7.49. The summed E-state index contributed by atoms with van der Waals surface area (Å²) in [6.07, 6.45) is 14.5. The van der Waals surface area contributed by atoms with Crippen LogP contribution in [0.5, 0.6) is 0 Å². The normalized spacial score (nSPS) is 44.4. The molecule has 0 radical (unpaired) electrons. The highest BCUT2D eigenvalue weighted by Gasteiger charge is 2.65. The molecule has 2 bridgehead atoms. The van der Waals surface area contributed by atoms with E-state index >= 15 is 0 Å². The van der Waals surface area contributed by atoms with Gasteiger partial charge in [-0.15, -0.1) is 0 Å². The molecule has 0 unspecified atom stereocenters. The first-order chi connectivity index (χ1) is 26.6. The zero-order valence-corrected chi connectivity index (χ0v) is 35.2. The Balaban J connectivity index is 0.967. The molecular weight excluding hydrogens is 719 g/mol. The molecule has 3 heterocycles. The molecule has 4 N–H and O–H groups in total. The van der Waals surface area contributed by atoms with Crippen LogP contribution in [0.15, 0.2) is 48.5 Å². The molecule has 2 aromatic carbocycles. The lowest BCUT2D eigenvalue weighted by Crippen LogP contribution is -2.70. The van der Waals surface area contributed by atoms with Crippen LogP contribution >= 0.6 is 21.6 Å². The van der Waals surface area contributed by atoms with Gasteiger partial charge < -0.3 is 20.4 Å². The van der Waals surface area contributed by atoms with Crippen molar-refractivity contribution in [1.29, 1.82) is 0 Å². The number of rotatable bonds is 6. The molecule has 0 spiro atoms. The van der Waals surface area contributed by atoms with Gasteiger partial charge in [0.2, 0.25) is 0 Å². The topological polar surface area (TPSA) is 84.2 Å². The molecular formula is C48H69NO4S2. The van der Waals surface area contributed by atoms with Gasteiger partial charge >= 0.3 is 0 Å². The maximum atomic E-state index is 13.0. The highest BCUT2D eigenvalue weighted by Crippen LogP contribution is 2.67. The lowest BCUT2D eigenvalue weighted by atomic mass is 9.51. The van der Waals surface area contributed by atoms with Crippen molar-refractivity contribution in [2.75, 3.05) is 25.4 Å². The van der Waals surface area contributed by atoms with E-state index < -0.39 is 5.60 Å². The third kappa shape index (κ3) is 7.43. The molecule has 302 valence electrons. The predicted molar refractivity (Wildman–Crippen MR) is 227 cm³/mol. The van der Waals surface area contributed by atoms with E-state index in [0.29, 0.717) is 53.3 Å². The maximum Gasteiger partial charge on any atom is 0.0808 e. The molecule has 5 nitrogen and oxygen atoms in total. The molecule has 9 rings (SSSR count). The van der Waals surface area contributed by atoms with Crippen LogP contribution in [0.25, 0.3) is 0 Å². The van der Waals surface area contributed by atoms with Gasteiger partial charge in [-0.2, -0.15) is 0 Å². The van der Waals surface area contributed by atoms with E-state index in [0.717, 1.165) is 76.0 Å². The van der Waals surface area contributed by atoms with Crippen molar-refractivity contribution >= 4 is 21.6 Å². The predicted octanol–water partition coefficient (Wildman–Crippen LogP) is 8.90. The number of benzene rings is 2. The van der Waals surface area contributed by atoms with E-state index in [4.69, 9.17) is 0 Å². The summed E-state index contributed by atoms with van der Waals surface area (Å²) < 4.78 is 0. The summed E-state index contributed by atoms with van der Waals surface area (Å²) in [6, 6.07) is 18.5. The van der Waals surface area contributed by atoms with Crippen molar-refractivity contribution in [2.45, 2.75) is 139 Å². The fourth-order valence-electron chi connectivity index (χ4n) is 15.0. The Morgan fingerprint density at radius 1 is 0.764 bits per heavy atom. The van der Waals surface area contributed by atoms with Gasteiger partial charge in [-0.25, -0.2) is 0 Å². The largest absolute Gasteiger partial charge is 0.396 e. The number of fused-ring (bicyclic) bond motifs is 12. The van der Waals surface area contributed by atoms with Crippen LogP contribution in [0.2, 0.25) is 0 Å². The minimum atomic E-state index is -0.688. The van der Waals surface area contributed by atoms with Crippen molar-refractivity contribution in [2.24, 2.45) is 58.7 Å². The quantitative estimate of drug-likeness (QED) is 0.218. The van der Waals surface area contributed by atoms with Gasteiger partial charge in [-0.3, -0.25) is 4.90 Å². The van der Waals surface area contributed by atoms with Gasteiger partial charge in [-0.05, 0) is 184 Å². The third-order valence-electron chi connectivity index (χ3n) is 17.4. The minimum absolute atomic E-state index is 0.131. The van der Waals surface area contributed by atoms with Crippen molar-refractivity contribution in [3.63, 3.8) is 0 Å². The van der Waals surface area contributed by atoms with Crippen LogP contribution in [0.1, 0.15) is 119 Å². The van der Waals surface area contributed by atoms with Crippen LogP contribution in [0.3, 0.4) is 0 Å². The van der Waals surface area contributed by atoms with Gasteiger partial charge in [-0.1, -0.05) is 77.0 Å².